The maximum Gasteiger partial charge on any atom is 0.513 e. The maximum absolute atomic E-state index is 11.6. The molecule has 26 heavy (non-hydrogen) atoms. The number of anilines is 1. The molecule has 0 atom stereocenters. The number of nitrogens with zero attached hydrogens (tertiary/aromatic N) is 1. The molecule has 2 aromatic rings. The van der Waals surface area contributed by atoms with E-state index in [9.17, 15) is 4.79 Å². The van der Waals surface area contributed by atoms with Crippen LogP contribution in [-0.4, -0.2) is 32.5 Å². The van der Waals surface area contributed by atoms with Crippen molar-refractivity contribution in [3.63, 3.8) is 0 Å². The van der Waals surface area contributed by atoms with Gasteiger partial charge in [0.1, 0.15) is 24.7 Å². The van der Waals surface area contributed by atoms with Gasteiger partial charge in [-0.3, -0.25) is 0 Å². The van der Waals surface area contributed by atoms with E-state index in [1.165, 1.54) is 6.42 Å². The molecule has 0 spiro atoms. The summed E-state index contributed by atoms with van der Waals surface area (Å²) < 4.78 is 15.8. The van der Waals surface area contributed by atoms with Crippen LogP contribution in [0, 0.1) is 0 Å². The molecule has 2 aromatic carbocycles. The van der Waals surface area contributed by atoms with E-state index in [0.717, 1.165) is 30.9 Å². The van der Waals surface area contributed by atoms with E-state index in [0.29, 0.717) is 5.75 Å². The Morgan fingerprint density at radius 1 is 0.962 bits per heavy atom. The van der Waals surface area contributed by atoms with Gasteiger partial charge in [-0.05, 0) is 37.6 Å². The van der Waals surface area contributed by atoms with Crippen LogP contribution in [0.25, 0.3) is 0 Å². The van der Waals surface area contributed by atoms with Crippen LogP contribution in [-0.2, 0) is 4.74 Å². The van der Waals surface area contributed by atoms with Gasteiger partial charge in [-0.2, -0.15) is 0 Å². The molecule has 5 nitrogen and oxygen atoms in total. The first kappa shape index (κ1) is 19.6. The number of carbonyl (C=O) groups is 1. The standard InChI is InChI=1S/C21H27NO4/c1-3-5-14-22(4-2)18-10-9-13-20(17-18)24-15-16-25-21(23)26-19-11-7-6-8-12-19/h6-13,17H,3-5,14-16H2,1-2H3. The van der Waals surface area contributed by atoms with Gasteiger partial charge in [0.25, 0.3) is 0 Å². The highest BCUT2D eigenvalue weighted by Crippen LogP contribution is 2.21. The fraction of sp³-hybridized carbons (Fsp3) is 0.381. The smallest absolute Gasteiger partial charge is 0.490 e. The van der Waals surface area contributed by atoms with Gasteiger partial charge in [0.15, 0.2) is 0 Å². The third-order valence-corrected chi connectivity index (χ3v) is 3.86. The second-order valence-corrected chi connectivity index (χ2v) is 5.79. The summed E-state index contributed by atoms with van der Waals surface area (Å²) in [5, 5.41) is 0. The molecule has 0 saturated heterocycles. The minimum absolute atomic E-state index is 0.128. The average molecular weight is 357 g/mol. The first-order valence-electron chi connectivity index (χ1n) is 9.10. The second-order valence-electron chi connectivity index (χ2n) is 5.79. The van der Waals surface area contributed by atoms with Crippen LogP contribution in [0.1, 0.15) is 26.7 Å². The third kappa shape index (κ3) is 6.67. The van der Waals surface area contributed by atoms with Crippen molar-refractivity contribution in [2.75, 3.05) is 31.2 Å². The predicted molar refractivity (Wildman–Crippen MR) is 103 cm³/mol. The van der Waals surface area contributed by atoms with E-state index in [1.807, 2.05) is 24.3 Å². The number of ether oxygens (including phenoxy) is 3. The van der Waals surface area contributed by atoms with Crippen molar-refractivity contribution in [1.82, 2.24) is 0 Å². The van der Waals surface area contributed by atoms with Crippen molar-refractivity contribution in [1.29, 1.82) is 0 Å². The summed E-state index contributed by atoms with van der Waals surface area (Å²) in [5.41, 5.74) is 1.14. The van der Waals surface area contributed by atoms with E-state index in [-0.39, 0.29) is 13.2 Å². The summed E-state index contributed by atoms with van der Waals surface area (Å²) in [7, 11) is 0. The van der Waals surface area contributed by atoms with Crippen LogP contribution >= 0.6 is 0 Å². The summed E-state index contributed by atoms with van der Waals surface area (Å²) in [4.78, 5) is 13.9. The van der Waals surface area contributed by atoms with Crippen molar-refractivity contribution >= 4 is 11.8 Å². The Morgan fingerprint density at radius 2 is 1.73 bits per heavy atom. The normalized spacial score (nSPS) is 10.2. The number of hydrogen-bond acceptors (Lipinski definition) is 5. The molecule has 0 aliphatic carbocycles. The van der Waals surface area contributed by atoms with Crippen LogP contribution in [0.4, 0.5) is 10.5 Å². The van der Waals surface area contributed by atoms with Gasteiger partial charge < -0.3 is 19.1 Å². The molecule has 0 aliphatic rings. The third-order valence-electron chi connectivity index (χ3n) is 3.86. The highest BCUT2D eigenvalue weighted by Gasteiger charge is 2.07. The molecule has 0 N–H and O–H groups in total. The fourth-order valence-corrected chi connectivity index (χ4v) is 2.49. The Hall–Kier alpha value is -2.69. The molecular formula is C21H27NO4. The quantitative estimate of drug-likeness (QED) is 0.344. The van der Waals surface area contributed by atoms with Crippen LogP contribution < -0.4 is 14.4 Å². The molecule has 5 heteroatoms. The van der Waals surface area contributed by atoms with Crippen LogP contribution in [0.3, 0.4) is 0 Å². The number of carbonyl (C=O) groups excluding carboxylic acids is 1. The zero-order valence-corrected chi connectivity index (χ0v) is 15.5. The van der Waals surface area contributed by atoms with Gasteiger partial charge in [-0.15, -0.1) is 0 Å². The largest absolute Gasteiger partial charge is 0.513 e. The molecule has 0 heterocycles. The van der Waals surface area contributed by atoms with Gasteiger partial charge in [-0.1, -0.05) is 37.6 Å². The van der Waals surface area contributed by atoms with E-state index in [4.69, 9.17) is 14.2 Å². The topological polar surface area (TPSA) is 48.0 Å². The van der Waals surface area contributed by atoms with E-state index in [2.05, 4.69) is 24.8 Å². The average Bonchev–Trinajstić information content (AvgIpc) is 2.67. The number of hydrogen-bond donors (Lipinski definition) is 0. The number of unbranched alkanes of at least 4 members (excludes halogenated alkanes) is 1. The number of benzene rings is 2. The van der Waals surface area contributed by atoms with Gasteiger partial charge >= 0.3 is 6.16 Å². The lowest BCUT2D eigenvalue weighted by Crippen LogP contribution is -2.23. The first-order chi connectivity index (χ1) is 12.7. The maximum atomic E-state index is 11.6. The molecule has 0 amide bonds. The Bertz CT molecular complexity index is 660. The summed E-state index contributed by atoms with van der Waals surface area (Å²) in [6.45, 7) is 6.73. The van der Waals surface area contributed by atoms with Crippen molar-refractivity contribution in [2.45, 2.75) is 26.7 Å². The van der Waals surface area contributed by atoms with Gasteiger partial charge in [0.2, 0.25) is 0 Å². The molecule has 0 unspecified atom stereocenters. The Labute approximate surface area is 155 Å². The molecular weight excluding hydrogens is 330 g/mol. The van der Waals surface area contributed by atoms with Crippen LogP contribution in [0.2, 0.25) is 0 Å². The molecule has 0 aliphatic heterocycles. The molecule has 0 bridgehead atoms. The summed E-state index contributed by atoms with van der Waals surface area (Å²) in [6, 6.07) is 16.8. The first-order valence-corrected chi connectivity index (χ1v) is 9.10. The predicted octanol–water partition coefficient (Wildman–Crippen LogP) is 4.91. The SMILES string of the molecule is CCCCN(CC)c1cccc(OCCOC(=O)Oc2ccccc2)c1. The molecule has 2 rings (SSSR count). The van der Waals surface area contributed by atoms with Crippen LogP contribution in [0.5, 0.6) is 11.5 Å². The van der Waals surface area contributed by atoms with Crippen molar-refractivity contribution in [3.8, 4) is 11.5 Å². The summed E-state index contributed by atoms with van der Waals surface area (Å²) in [5.74, 6) is 1.22. The fourth-order valence-electron chi connectivity index (χ4n) is 2.49. The highest BCUT2D eigenvalue weighted by atomic mass is 16.7. The molecule has 0 fully saturated rings. The minimum atomic E-state index is -0.731. The molecule has 0 aromatic heterocycles. The lowest BCUT2D eigenvalue weighted by molar-refractivity contribution is 0.0848. The Morgan fingerprint density at radius 3 is 2.46 bits per heavy atom. The second kappa shape index (κ2) is 11.0. The zero-order chi connectivity index (χ0) is 18.6. The van der Waals surface area contributed by atoms with Crippen LogP contribution in [0.15, 0.2) is 54.6 Å². The Balaban J connectivity index is 1.75. The van der Waals surface area contributed by atoms with Gasteiger partial charge in [0, 0.05) is 24.8 Å². The van der Waals surface area contributed by atoms with Crippen molar-refractivity contribution < 1.29 is 19.0 Å². The zero-order valence-electron chi connectivity index (χ0n) is 15.5. The summed E-state index contributed by atoms with van der Waals surface area (Å²) in [6.07, 6.45) is 1.60. The molecule has 0 radical (unpaired) electrons. The lowest BCUT2D eigenvalue weighted by atomic mass is 10.2. The van der Waals surface area contributed by atoms with Gasteiger partial charge in [-0.25, -0.2) is 4.79 Å². The van der Waals surface area contributed by atoms with E-state index in [1.54, 1.807) is 24.3 Å². The molecule has 140 valence electrons. The Kier molecular flexibility index (Phi) is 8.33. The molecule has 0 saturated carbocycles. The minimum Gasteiger partial charge on any atom is -0.490 e. The van der Waals surface area contributed by atoms with Crippen molar-refractivity contribution in [2.24, 2.45) is 0 Å². The number of rotatable bonds is 10. The number of para-hydroxylation sites is 1. The highest BCUT2D eigenvalue weighted by molar-refractivity contribution is 5.63. The lowest BCUT2D eigenvalue weighted by Gasteiger charge is -2.23. The summed E-state index contributed by atoms with van der Waals surface area (Å²) >= 11 is 0. The van der Waals surface area contributed by atoms with E-state index >= 15 is 0 Å². The van der Waals surface area contributed by atoms with E-state index < -0.39 is 6.16 Å². The van der Waals surface area contributed by atoms with Gasteiger partial charge in [0.05, 0.1) is 0 Å². The van der Waals surface area contributed by atoms with Crippen molar-refractivity contribution in [3.05, 3.63) is 54.6 Å². The monoisotopic (exact) mass is 357 g/mol.